The third-order valence-corrected chi connectivity index (χ3v) is 3.26. The first-order valence-electron chi connectivity index (χ1n) is 6.80. The van der Waals surface area contributed by atoms with Crippen LogP contribution in [0.15, 0.2) is 0 Å². The smallest absolute Gasteiger partial charge is 0.224 e. The lowest BCUT2D eigenvalue weighted by molar-refractivity contribution is -0.131. The van der Waals surface area contributed by atoms with E-state index < -0.39 is 0 Å². The molecule has 5 heteroatoms. The van der Waals surface area contributed by atoms with E-state index in [4.69, 9.17) is 4.74 Å². The first-order chi connectivity index (χ1) is 8.59. The molecule has 0 aromatic carbocycles. The van der Waals surface area contributed by atoms with Crippen LogP contribution in [0.3, 0.4) is 0 Å². The second-order valence-corrected chi connectivity index (χ2v) is 5.19. The van der Waals surface area contributed by atoms with Gasteiger partial charge < -0.3 is 19.9 Å². The number of carbonyl (C=O) groups is 1. The van der Waals surface area contributed by atoms with Crippen LogP contribution in [0.25, 0.3) is 0 Å². The van der Waals surface area contributed by atoms with Crippen molar-refractivity contribution in [2.75, 3.05) is 53.9 Å². The van der Waals surface area contributed by atoms with Crippen LogP contribution in [-0.2, 0) is 9.53 Å². The molecule has 1 N–H and O–H groups in total. The number of piperidine rings is 1. The number of hydrogen-bond donors (Lipinski definition) is 1. The lowest BCUT2D eigenvalue weighted by Gasteiger charge is -2.24. The van der Waals surface area contributed by atoms with Crippen molar-refractivity contribution in [3.8, 4) is 0 Å². The van der Waals surface area contributed by atoms with Crippen molar-refractivity contribution >= 4 is 5.91 Å². The minimum atomic E-state index is 0.172. The highest BCUT2D eigenvalue weighted by molar-refractivity contribution is 5.75. The van der Waals surface area contributed by atoms with Gasteiger partial charge in [-0.1, -0.05) is 0 Å². The topological polar surface area (TPSA) is 44.8 Å². The zero-order valence-corrected chi connectivity index (χ0v) is 11.9. The fraction of sp³-hybridized carbons (Fsp3) is 0.923. The second kappa shape index (κ2) is 8.45. The molecular weight excluding hydrogens is 230 g/mol. The molecule has 5 nitrogen and oxygen atoms in total. The molecule has 0 radical (unpaired) electrons. The summed E-state index contributed by atoms with van der Waals surface area (Å²) in [4.78, 5) is 15.7. The molecule has 0 unspecified atom stereocenters. The van der Waals surface area contributed by atoms with E-state index in [-0.39, 0.29) is 5.91 Å². The fourth-order valence-corrected chi connectivity index (χ4v) is 1.94. The van der Waals surface area contributed by atoms with Gasteiger partial charge in [-0.2, -0.15) is 0 Å². The fourth-order valence-electron chi connectivity index (χ4n) is 1.94. The van der Waals surface area contributed by atoms with Crippen molar-refractivity contribution in [2.45, 2.75) is 25.4 Å². The van der Waals surface area contributed by atoms with Gasteiger partial charge in [0.15, 0.2) is 0 Å². The summed E-state index contributed by atoms with van der Waals surface area (Å²) in [6, 6.07) is 0. The molecule has 0 bridgehead atoms. The maximum Gasteiger partial charge on any atom is 0.224 e. The van der Waals surface area contributed by atoms with Crippen molar-refractivity contribution in [2.24, 2.45) is 0 Å². The van der Waals surface area contributed by atoms with Crippen LogP contribution in [0.1, 0.15) is 19.3 Å². The molecule has 0 aromatic rings. The van der Waals surface area contributed by atoms with Crippen molar-refractivity contribution in [3.05, 3.63) is 0 Å². The summed E-state index contributed by atoms with van der Waals surface area (Å²) in [7, 11) is 5.88. The molecule has 0 spiro atoms. The van der Waals surface area contributed by atoms with Crippen molar-refractivity contribution in [1.82, 2.24) is 15.1 Å². The number of rotatable bonds is 7. The van der Waals surface area contributed by atoms with Gasteiger partial charge in [-0.05, 0) is 40.0 Å². The van der Waals surface area contributed by atoms with Crippen molar-refractivity contribution < 1.29 is 9.53 Å². The predicted molar refractivity (Wildman–Crippen MR) is 72.7 cm³/mol. The van der Waals surface area contributed by atoms with Crippen molar-refractivity contribution in [3.63, 3.8) is 0 Å². The minimum Gasteiger partial charge on any atom is -0.378 e. The van der Waals surface area contributed by atoms with E-state index in [0.717, 1.165) is 39.0 Å². The summed E-state index contributed by atoms with van der Waals surface area (Å²) in [6.07, 6.45) is 2.95. The monoisotopic (exact) mass is 257 g/mol. The number of hydrogen-bond acceptors (Lipinski definition) is 4. The molecule has 1 aliphatic rings. The van der Waals surface area contributed by atoms with Crippen LogP contribution < -0.4 is 5.32 Å². The van der Waals surface area contributed by atoms with Gasteiger partial charge in [-0.15, -0.1) is 0 Å². The maximum atomic E-state index is 11.8. The average molecular weight is 257 g/mol. The summed E-state index contributed by atoms with van der Waals surface area (Å²) in [5, 5.41) is 3.30. The van der Waals surface area contributed by atoms with Gasteiger partial charge in [0.05, 0.1) is 19.1 Å². The molecular formula is C13H27N3O2. The highest BCUT2D eigenvalue weighted by Crippen LogP contribution is 2.07. The third kappa shape index (κ3) is 6.33. The normalized spacial score (nSPS) is 17.1. The highest BCUT2D eigenvalue weighted by atomic mass is 16.5. The van der Waals surface area contributed by atoms with Gasteiger partial charge in [-0.25, -0.2) is 0 Å². The van der Waals surface area contributed by atoms with Gasteiger partial charge in [0.1, 0.15) is 0 Å². The molecule has 1 rings (SSSR count). The molecule has 0 atom stereocenters. The summed E-state index contributed by atoms with van der Waals surface area (Å²) in [5.41, 5.74) is 0. The molecule has 1 heterocycles. The Morgan fingerprint density at radius 1 is 1.22 bits per heavy atom. The van der Waals surface area contributed by atoms with Crippen LogP contribution in [-0.4, -0.2) is 75.7 Å². The van der Waals surface area contributed by atoms with Crippen LogP contribution in [0.4, 0.5) is 0 Å². The van der Waals surface area contributed by atoms with E-state index in [1.807, 2.05) is 21.1 Å². The summed E-state index contributed by atoms with van der Waals surface area (Å²) in [6.45, 7) is 4.29. The Kier molecular flexibility index (Phi) is 7.23. The van der Waals surface area contributed by atoms with Gasteiger partial charge >= 0.3 is 0 Å². The SMILES string of the molecule is CN(C)CCN(C)C(=O)CCOC1CCNCC1. The minimum absolute atomic E-state index is 0.172. The number of amides is 1. The number of nitrogens with one attached hydrogen (secondary N) is 1. The van der Waals surface area contributed by atoms with E-state index in [1.165, 1.54) is 0 Å². The molecule has 1 fully saturated rings. The first kappa shape index (κ1) is 15.4. The molecule has 0 aromatic heterocycles. The molecule has 1 amide bonds. The Bertz CT molecular complexity index is 240. The van der Waals surface area contributed by atoms with E-state index in [1.54, 1.807) is 4.90 Å². The van der Waals surface area contributed by atoms with Crippen LogP contribution >= 0.6 is 0 Å². The summed E-state index contributed by atoms with van der Waals surface area (Å²) >= 11 is 0. The predicted octanol–water partition coefficient (Wildman–Crippen LogP) is 0.165. The third-order valence-electron chi connectivity index (χ3n) is 3.26. The van der Waals surface area contributed by atoms with Gasteiger partial charge in [0, 0.05) is 20.1 Å². The summed E-state index contributed by atoms with van der Waals surface area (Å²) < 4.78 is 5.73. The number of ether oxygens (including phenoxy) is 1. The Balaban J connectivity index is 2.08. The van der Waals surface area contributed by atoms with Crippen LogP contribution in [0.2, 0.25) is 0 Å². The molecule has 1 aliphatic heterocycles. The number of nitrogens with zero attached hydrogens (tertiary/aromatic N) is 2. The standard InChI is InChI=1S/C13H27N3O2/c1-15(2)9-10-16(3)13(17)6-11-18-12-4-7-14-8-5-12/h12,14H,4-11H2,1-3H3. The first-order valence-corrected chi connectivity index (χ1v) is 6.80. The lowest BCUT2D eigenvalue weighted by atomic mass is 10.1. The van der Waals surface area contributed by atoms with Crippen molar-refractivity contribution in [1.29, 1.82) is 0 Å². The summed E-state index contributed by atoms with van der Waals surface area (Å²) in [5.74, 6) is 0.172. The van der Waals surface area contributed by atoms with Crippen LogP contribution in [0, 0.1) is 0 Å². The quantitative estimate of drug-likeness (QED) is 0.706. The zero-order chi connectivity index (χ0) is 13.4. The molecule has 106 valence electrons. The number of carbonyl (C=O) groups excluding carboxylic acids is 1. The van der Waals surface area contributed by atoms with Crippen LogP contribution in [0.5, 0.6) is 0 Å². The van der Waals surface area contributed by atoms with E-state index in [9.17, 15) is 4.79 Å². The Morgan fingerprint density at radius 2 is 1.89 bits per heavy atom. The molecule has 0 aliphatic carbocycles. The Labute approximate surface area is 110 Å². The van der Waals surface area contributed by atoms with E-state index in [0.29, 0.717) is 19.1 Å². The Morgan fingerprint density at radius 3 is 2.50 bits per heavy atom. The van der Waals surface area contributed by atoms with Gasteiger partial charge in [0.25, 0.3) is 0 Å². The Hall–Kier alpha value is -0.650. The zero-order valence-electron chi connectivity index (χ0n) is 11.9. The molecule has 18 heavy (non-hydrogen) atoms. The highest BCUT2D eigenvalue weighted by Gasteiger charge is 2.14. The van der Waals surface area contributed by atoms with Gasteiger partial charge in [0.2, 0.25) is 5.91 Å². The van der Waals surface area contributed by atoms with E-state index in [2.05, 4.69) is 10.2 Å². The molecule has 0 saturated carbocycles. The number of likely N-dealkylation sites (N-methyl/N-ethyl adjacent to an activating group) is 2. The second-order valence-electron chi connectivity index (χ2n) is 5.19. The van der Waals surface area contributed by atoms with E-state index >= 15 is 0 Å². The average Bonchev–Trinajstić information content (AvgIpc) is 2.37. The lowest BCUT2D eigenvalue weighted by Crippen LogP contribution is -2.35. The largest absolute Gasteiger partial charge is 0.378 e. The van der Waals surface area contributed by atoms with Gasteiger partial charge in [-0.3, -0.25) is 4.79 Å². The maximum absolute atomic E-state index is 11.8. The molecule has 1 saturated heterocycles.